The van der Waals surface area contributed by atoms with Crippen molar-refractivity contribution in [2.45, 2.75) is 25.4 Å². The molecule has 144 valence electrons. The smallest absolute Gasteiger partial charge is 0.172 e. The molecule has 3 aromatic rings. The van der Waals surface area contributed by atoms with Crippen LogP contribution >= 0.6 is 15.9 Å². The van der Waals surface area contributed by atoms with E-state index in [0.29, 0.717) is 6.04 Å². The standard InChI is InChI=1S/C22H24BrN5/c23-17-5-3-4-16(14-17)15-27-10-12-28(13-11-27)22-21(24-18-8-9-18)25-19-6-1-2-7-20(19)26-22/h1-7,14,18H,8-13,15H2,(H,24,25). The van der Waals surface area contributed by atoms with Gasteiger partial charge >= 0.3 is 0 Å². The van der Waals surface area contributed by atoms with E-state index >= 15 is 0 Å². The Morgan fingerprint density at radius 1 is 0.929 bits per heavy atom. The number of rotatable bonds is 5. The molecule has 1 aromatic heterocycles. The quantitative estimate of drug-likeness (QED) is 0.644. The third-order valence-electron chi connectivity index (χ3n) is 5.44. The van der Waals surface area contributed by atoms with Crippen LogP contribution < -0.4 is 10.2 Å². The Hall–Kier alpha value is -2.18. The van der Waals surface area contributed by atoms with Crippen molar-refractivity contribution in [1.29, 1.82) is 0 Å². The predicted octanol–water partition coefficient (Wildman–Crippen LogP) is 4.29. The van der Waals surface area contributed by atoms with E-state index in [0.717, 1.165) is 59.9 Å². The molecule has 0 bridgehead atoms. The fourth-order valence-corrected chi connectivity index (χ4v) is 4.19. The van der Waals surface area contributed by atoms with Crippen LogP contribution in [0.3, 0.4) is 0 Å². The molecule has 28 heavy (non-hydrogen) atoms. The number of nitrogens with one attached hydrogen (secondary N) is 1. The van der Waals surface area contributed by atoms with Crippen LogP contribution in [0.1, 0.15) is 18.4 Å². The lowest BCUT2D eigenvalue weighted by Gasteiger charge is -2.36. The summed E-state index contributed by atoms with van der Waals surface area (Å²) in [4.78, 5) is 14.8. The number of hydrogen-bond acceptors (Lipinski definition) is 5. The molecule has 2 heterocycles. The van der Waals surface area contributed by atoms with Crippen LogP contribution in [0.25, 0.3) is 11.0 Å². The Morgan fingerprint density at radius 2 is 1.68 bits per heavy atom. The van der Waals surface area contributed by atoms with Gasteiger partial charge in [-0.25, -0.2) is 9.97 Å². The molecule has 5 rings (SSSR count). The molecule has 0 spiro atoms. The molecule has 2 fully saturated rings. The van der Waals surface area contributed by atoms with E-state index in [2.05, 4.69) is 61.4 Å². The maximum Gasteiger partial charge on any atom is 0.172 e. The molecule has 0 amide bonds. The summed E-state index contributed by atoms with van der Waals surface area (Å²) >= 11 is 3.57. The van der Waals surface area contributed by atoms with Crippen molar-refractivity contribution in [2.24, 2.45) is 0 Å². The number of nitrogens with zero attached hydrogens (tertiary/aromatic N) is 4. The van der Waals surface area contributed by atoms with E-state index in [1.807, 2.05) is 18.2 Å². The van der Waals surface area contributed by atoms with Crippen LogP contribution in [0.5, 0.6) is 0 Å². The van der Waals surface area contributed by atoms with Gasteiger partial charge in [0.05, 0.1) is 11.0 Å². The minimum Gasteiger partial charge on any atom is -0.364 e. The molecule has 1 N–H and O–H groups in total. The van der Waals surface area contributed by atoms with E-state index in [-0.39, 0.29) is 0 Å². The van der Waals surface area contributed by atoms with E-state index in [1.54, 1.807) is 0 Å². The number of aromatic nitrogens is 2. The highest BCUT2D eigenvalue weighted by atomic mass is 79.9. The van der Waals surface area contributed by atoms with Crippen molar-refractivity contribution >= 4 is 38.6 Å². The molecule has 0 atom stereocenters. The summed E-state index contributed by atoms with van der Waals surface area (Å²) in [5.74, 6) is 1.95. The first-order chi connectivity index (χ1) is 13.7. The van der Waals surface area contributed by atoms with E-state index in [1.165, 1.54) is 18.4 Å². The Kier molecular flexibility index (Phi) is 4.91. The lowest BCUT2D eigenvalue weighted by Crippen LogP contribution is -2.46. The molecular formula is C22H24BrN5. The first kappa shape index (κ1) is 17.9. The van der Waals surface area contributed by atoms with Crippen molar-refractivity contribution in [3.8, 4) is 0 Å². The van der Waals surface area contributed by atoms with Gasteiger partial charge in [0.25, 0.3) is 0 Å². The van der Waals surface area contributed by atoms with Crippen LogP contribution in [0.15, 0.2) is 53.0 Å². The average molecular weight is 438 g/mol. The SMILES string of the molecule is Brc1cccc(CN2CCN(c3nc4ccccc4nc3NC3CC3)CC2)c1. The molecule has 0 radical (unpaired) electrons. The number of halogens is 1. The second-order valence-corrected chi connectivity index (χ2v) is 8.61. The largest absolute Gasteiger partial charge is 0.364 e. The van der Waals surface area contributed by atoms with Crippen LogP contribution in [0.2, 0.25) is 0 Å². The van der Waals surface area contributed by atoms with E-state index in [4.69, 9.17) is 9.97 Å². The van der Waals surface area contributed by atoms with Crippen molar-refractivity contribution in [1.82, 2.24) is 14.9 Å². The highest BCUT2D eigenvalue weighted by Crippen LogP contribution is 2.31. The Bertz CT molecular complexity index is 980. The fraction of sp³-hybridized carbons (Fsp3) is 0.364. The van der Waals surface area contributed by atoms with Gasteiger partial charge in [-0.05, 0) is 42.7 Å². The second-order valence-electron chi connectivity index (χ2n) is 7.70. The van der Waals surface area contributed by atoms with Gasteiger partial charge in [0.15, 0.2) is 11.6 Å². The summed E-state index contributed by atoms with van der Waals surface area (Å²) in [7, 11) is 0. The maximum absolute atomic E-state index is 4.98. The topological polar surface area (TPSA) is 44.3 Å². The van der Waals surface area contributed by atoms with Gasteiger partial charge in [-0.15, -0.1) is 0 Å². The third kappa shape index (κ3) is 3.98. The number of benzene rings is 2. The lowest BCUT2D eigenvalue weighted by molar-refractivity contribution is 0.249. The van der Waals surface area contributed by atoms with Gasteiger partial charge in [0, 0.05) is 43.2 Å². The Labute approximate surface area is 173 Å². The molecule has 1 saturated heterocycles. The minimum absolute atomic E-state index is 0.562. The fourth-order valence-electron chi connectivity index (χ4n) is 3.74. The Morgan fingerprint density at radius 3 is 2.39 bits per heavy atom. The summed E-state index contributed by atoms with van der Waals surface area (Å²) in [5.41, 5.74) is 3.28. The Balaban J connectivity index is 1.33. The van der Waals surface area contributed by atoms with Gasteiger partial charge in [0.1, 0.15) is 0 Å². The monoisotopic (exact) mass is 437 g/mol. The molecule has 1 aliphatic carbocycles. The summed E-state index contributed by atoms with van der Waals surface area (Å²) < 4.78 is 1.14. The third-order valence-corrected chi connectivity index (χ3v) is 5.93. The summed E-state index contributed by atoms with van der Waals surface area (Å²) in [6.45, 7) is 5.00. The predicted molar refractivity (Wildman–Crippen MR) is 118 cm³/mol. The zero-order chi connectivity index (χ0) is 18.9. The van der Waals surface area contributed by atoms with Crippen LogP contribution in [0, 0.1) is 0 Å². The lowest BCUT2D eigenvalue weighted by atomic mass is 10.2. The molecule has 1 saturated carbocycles. The summed E-state index contributed by atoms with van der Waals surface area (Å²) in [5, 5.41) is 3.60. The van der Waals surface area contributed by atoms with Gasteiger partial charge in [-0.3, -0.25) is 4.90 Å². The molecule has 2 aliphatic rings. The van der Waals surface area contributed by atoms with Crippen LogP contribution in [-0.2, 0) is 6.54 Å². The second kappa shape index (κ2) is 7.68. The molecule has 5 nitrogen and oxygen atoms in total. The number of fused-ring (bicyclic) bond motifs is 1. The van der Waals surface area contributed by atoms with Gasteiger partial charge < -0.3 is 10.2 Å². The number of para-hydroxylation sites is 2. The maximum atomic E-state index is 4.98. The molecule has 1 aliphatic heterocycles. The number of anilines is 2. The molecular weight excluding hydrogens is 414 g/mol. The van der Waals surface area contributed by atoms with Crippen LogP contribution in [0.4, 0.5) is 11.6 Å². The van der Waals surface area contributed by atoms with Crippen molar-refractivity contribution in [3.05, 3.63) is 58.6 Å². The molecule has 2 aromatic carbocycles. The van der Waals surface area contributed by atoms with Gasteiger partial charge in [-0.2, -0.15) is 0 Å². The molecule has 6 heteroatoms. The first-order valence-corrected chi connectivity index (χ1v) is 10.8. The summed E-state index contributed by atoms with van der Waals surface area (Å²) in [6.07, 6.45) is 2.46. The van der Waals surface area contributed by atoms with Crippen molar-refractivity contribution < 1.29 is 0 Å². The summed E-state index contributed by atoms with van der Waals surface area (Å²) in [6, 6.07) is 17.3. The van der Waals surface area contributed by atoms with Gasteiger partial charge in [-0.1, -0.05) is 40.2 Å². The first-order valence-electron chi connectivity index (χ1n) is 10.00. The number of hydrogen-bond donors (Lipinski definition) is 1. The normalized spacial score (nSPS) is 17.8. The highest BCUT2D eigenvalue weighted by molar-refractivity contribution is 9.10. The molecule has 0 unspecified atom stereocenters. The minimum atomic E-state index is 0.562. The zero-order valence-electron chi connectivity index (χ0n) is 15.8. The van der Waals surface area contributed by atoms with Crippen molar-refractivity contribution in [3.63, 3.8) is 0 Å². The van der Waals surface area contributed by atoms with Crippen molar-refractivity contribution in [2.75, 3.05) is 36.4 Å². The average Bonchev–Trinajstić information content (AvgIpc) is 3.52. The highest BCUT2D eigenvalue weighted by Gasteiger charge is 2.26. The van der Waals surface area contributed by atoms with Crippen LogP contribution in [-0.4, -0.2) is 47.1 Å². The number of piperazine rings is 1. The van der Waals surface area contributed by atoms with E-state index in [9.17, 15) is 0 Å². The van der Waals surface area contributed by atoms with E-state index < -0.39 is 0 Å². The zero-order valence-corrected chi connectivity index (χ0v) is 17.4. The van der Waals surface area contributed by atoms with Gasteiger partial charge in [0.2, 0.25) is 0 Å².